The Kier molecular flexibility index (Phi) is 6.68. The minimum Gasteiger partial charge on any atom is -0.475 e. The van der Waals surface area contributed by atoms with Crippen LogP contribution >= 0.6 is 0 Å². The van der Waals surface area contributed by atoms with Gasteiger partial charge in [-0.15, -0.1) is 0 Å². The summed E-state index contributed by atoms with van der Waals surface area (Å²) in [6.07, 6.45) is 4.18. The van der Waals surface area contributed by atoms with Crippen molar-refractivity contribution in [1.29, 1.82) is 0 Å². The smallest absolute Gasteiger partial charge is 0.213 e. The van der Waals surface area contributed by atoms with Gasteiger partial charge in [-0.2, -0.15) is 0 Å². The first-order valence-electron chi connectivity index (χ1n) is 9.42. The Morgan fingerprint density at radius 3 is 3.00 bits per heavy atom. The first-order chi connectivity index (χ1) is 12.7. The first-order valence-corrected chi connectivity index (χ1v) is 9.42. The van der Waals surface area contributed by atoms with Crippen LogP contribution in [0.15, 0.2) is 23.3 Å². The number of hydrogen-bond acceptors (Lipinski definition) is 5. The molecule has 0 aliphatic carbocycles. The number of rotatable bonds is 7. The average molecular weight is 362 g/mol. The Morgan fingerprint density at radius 2 is 2.31 bits per heavy atom. The topological polar surface area (TPSA) is 68.2 Å². The third-order valence-corrected chi connectivity index (χ3v) is 5.00. The fourth-order valence-electron chi connectivity index (χ4n) is 3.50. The molecular formula is C19H30N4O3. The summed E-state index contributed by atoms with van der Waals surface area (Å²) in [6.45, 7) is 8.49. The van der Waals surface area contributed by atoms with Gasteiger partial charge in [-0.1, -0.05) is 6.07 Å². The molecule has 2 saturated heterocycles. The van der Waals surface area contributed by atoms with Crippen LogP contribution in [-0.2, 0) is 16.0 Å². The van der Waals surface area contributed by atoms with E-state index in [1.54, 1.807) is 7.11 Å². The fourth-order valence-corrected chi connectivity index (χ4v) is 3.50. The van der Waals surface area contributed by atoms with Gasteiger partial charge in [-0.3, -0.25) is 0 Å². The van der Waals surface area contributed by atoms with Gasteiger partial charge in [0.2, 0.25) is 5.88 Å². The second-order valence-electron chi connectivity index (χ2n) is 6.99. The van der Waals surface area contributed by atoms with Crippen LogP contribution in [0.25, 0.3) is 0 Å². The molecule has 0 radical (unpaired) electrons. The van der Waals surface area contributed by atoms with Gasteiger partial charge in [0.05, 0.1) is 19.8 Å². The number of nitrogens with zero attached hydrogens (tertiary/aromatic N) is 3. The third-order valence-electron chi connectivity index (χ3n) is 5.00. The van der Waals surface area contributed by atoms with E-state index in [1.807, 2.05) is 18.3 Å². The standard InChI is InChI=1S/C19H30N4O3/c1-3-20-18(23-8-6-19(14-23)7-9-25-15-19)22-13-16-4-5-17(21-12-16)26-11-10-24-2/h4-5,12H,3,6-11,13-15H2,1-2H3,(H,20,22). The number of guanidine groups is 1. The lowest BCUT2D eigenvalue weighted by Gasteiger charge is -2.25. The maximum atomic E-state index is 5.63. The van der Waals surface area contributed by atoms with E-state index in [-0.39, 0.29) is 0 Å². The summed E-state index contributed by atoms with van der Waals surface area (Å²) >= 11 is 0. The fraction of sp³-hybridized carbons (Fsp3) is 0.684. The molecule has 3 rings (SSSR count). The molecule has 144 valence electrons. The van der Waals surface area contributed by atoms with Crippen molar-refractivity contribution in [3.05, 3.63) is 23.9 Å². The lowest BCUT2D eigenvalue weighted by atomic mass is 9.87. The second-order valence-corrected chi connectivity index (χ2v) is 6.99. The minimum absolute atomic E-state index is 0.332. The number of nitrogens with one attached hydrogen (secondary N) is 1. The van der Waals surface area contributed by atoms with Crippen molar-refractivity contribution in [2.24, 2.45) is 10.4 Å². The number of aliphatic imine (C=N–C) groups is 1. The summed E-state index contributed by atoms with van der Waals surface area (Å²) in [5.74, 6) is 1.60. The molecule has 0 bridgehead atoms. The quantitative estimate of drug-likeness (QED) is 0.452. The molecule has 2 aliphatic rings. The molecule has 2 fully saturated rings. The first kappa shape index (κ1) is 18.9. The zero-order chi connectivity index (χ0) is 18.2. The van der Waals surface area contributed by atoms with Gasteiger partial charge in [0.1, 0.15) is 6.61 Å². The number of ether oxygens (including phenoxy) is 3. The zero-order valence-corrected chi connectivity index (χ0v) is 15.9. The number of pyridine rings is 1. The monoisotopic (exact) mass is 362 g/mol. The summed E-state index contributed by atoms with van der Waals surface area (Å²) in [5.41, 5.74) is 1.40. The highest BCUT2D eigenvalue weighted by molar-refractivity contribution is 5.80. The Bertz CT molecular complexity index is 585. The predicted molar refractivity (Wildman–Crippen MR) is 100 cm³/mol. The molecule has 1 spiro atoms. The van der Waals surface area contributed by atoms with Gasteiger partial charge >= 0.3 is 0 Å². The van der Waals surface area contributed by atoms with Gasteiger partial charge in [0.15, 0.2) is 5.96 Å². The summed E-state index contributed by atoms with van der Waals surface area (Å²) < 4.78 is 16.1. The van der Waals surface area contributed by atoms with E-state index in [0.29, 0.717) is 31.1 Å². The zero-order valence-electron chi connectivity index (χ0n) is 15.9. The van der Waals surface area contributed by atoms with Gasteiger partial charge in [0, 0.05) is 51.0 Å². The van der Waals surface area contributed by atoms with Crippen molar-refractivity contribution >= 4 is 5.96 Å². The van der Waals surface area contributed by atoms with Gasteiger partial charge in [-0.25, -0.2) is 9.98 Å². The van der Waals surface area contributed by atoms with E-state index >= 15 is 0 Å². The molecule has 7 heteroatoms. The van der Waals surface area contributed by atoms with Crippen LogP contribution in [-0.4, -0.2) is 69.0 Å². The van der Waals surface area contributed by atoms with Gasteiger partial charge in [-0.05, 0) is 25.3 Å². The van der Waals surface area contributed by atoms with E-state index in [0.717, 1.165) is 50.8 Å². The highest BCUT2D eigenvalue weighted by Gasteiger charge is 2.42. The van der Waals surface area contributed by atoms with Crippen LogP contribution in [0, 0.1) is 5.41 Å². The van der Waals surface area contributed by atoms with Crippen molar-refractivity contribution in [2.75, 3.05) is 53.2 Å². The van der Waals surface area contributed by atoms with Gasteiger partial charge in [0.25, 0.3) is 0 Å². The summed E-state index contributed by atoms with van der Waals surface area (Å²) in [4.78, 5) is 11.5. The lowest BCUT2D eigenvalue weighted by Crippen LogP contribution is -2.41. The summed E-state index contributed by atoms with van der Waals surface area (Å²) in [7, 11) is 1.65. The molecule has 2 aliphatic heterocycles. The molecule has 3 heterocycles. The maximum Gasteiger partial charge on any atom is 0.213 e. The molecule has 1 unspecified atom stereocenters. The SMILES string of the molecule is CCNC(=NCc1ccc(OCCOC)nc1)N1CCC2(CCOC2)C1. The maximum absolute atomic E-state index is 5.63. The molecular weight excluding hydrogens is 332 g/mol. The highest BCUT2D eigenvalue weighted by Crippen LogP contribution is 2.38. The Morgan fingerprint density at radius 1 is 1.38 bits per heavy atom. The average Bonchev–Trinajstić information content (AvgIpc) is 3.30. The third kappa shape index (κ3) is 4.86. The van der Waals surface area contributed by atoms with Crippen LogP contribution in [0.2, 0.25) is 0 Å². The lowest BCUT2D eigenvalue weighted by molar-refractivity contribution is 0.143. The molecule has 1 atom stereocenters. The van der Waals surface area contributed by atoms with E-state index in [2.05, 4.69) is 22.1 Å². The second kappa shape index (κ2) is 9.19. The van der Waals surface area contributed by atoms with E-state index in [9.17, 15) is 0 Å². The molecule has 1 aromatic heterocycles. The number of likely N-dealkylation sites (tertiary alicyclic amines) is 1. The Labute approximate surface area is 155 Å². The van der Waals surface area contributed by atoms with Crippen LogP contribution < -0.4 is 10.1 Å². The minimum atomic E-state index is 0.332. The van der Waals surface area contributed by atoms with Gasteiger partial charge < -0.3 is 24.4 Å². The number of methoxy groups -OCH3 is 1. The van der Waals surface area contributed by atoms with Crippen molar-refractivity contribution in [2.45, 2.75) is 26.3 Å². The van der Waals surface area contributed by atoms with Crippen molar-refractivity contribution < 1.29 is 14.2 Å². The highest BCUT2D eigenvalue weighted by atomic mass is 16.5. The normalized spacial score (nSPS) is 23.0. The van der Waals surface area contributed by atoms with Crippen molar-refractivity contribution in [3.8, 4) is 5.88 Å². The largest absolute Gasteiger partial charge is 0.475 e. The molecule has 0 aromatic carbocycles. The number of hydrogen-bond donors (Lipinski definition) is 1. The number of aromatic nitrogens is 1. The summed E-state index contributed by atoms with van der Waals surface area (Å²) in [6, 6.07) is 3.90. The molecule has 0 saturated carbocycles. The molecule has 0 amide bonds. The van der Waals surface area contributed by atoms with Crippen molar-refractivity contribution in [3.63, 3.8) is 0 Å². The van der Waals surface area contributed by atoms with E-state index < -0.39 is 0 Å². The van der Waals surface area contributed by atoms with Crippen LogP contribution in [0.1, 0.15) is 25.3 Å². The molecule has 1 aromatic rings. The summed E-state index contributed by atoms with van der Waals surface area (Å²) in [5, 5.41) is 3.42. The molecule has 26 heavy (non-hydrogen) atoms. The van der Waals surface area contributed by atoms with Crippen LogP contribution in [0.5, 0.6) is 5.88 Å². The predicted octanol–water partition coefficient (Wildman–Crippen LogP) is 1.68. The van der Waals surface area contributed by atoms with E-state index in [1.165, 1.54) is 6.42 Å². The Hall–Kier alpha value is -1.86. The van der Waals surface area contributed by atoms with E-state index in [4.69, 9.17) is 19.2 Å². The Balaban J connectivity index is 1.57. The van der Waals surface area contributed by atoms with Crippen LogP contribution in [0.3, 0.4) is 0 Å². The van der Waals surface area contributed by atoms with Crippen molar-refractivity contribution in [1.82, 2.24) is 15.2 Å². The molecule has 7 nitrogen and oxygen atoms in total. The molecule has 1 N–H and O–H groups in total. The van der Waals surface area contributed by atoms with Crippen LogP contribution in [0.4, 0.5) is 0 Å².